The van der Waals surface area contributed by atoms with Crippen LogP contribution >= 0.6 is 11.8 Å². The zero-order valence-corrected chi connectivity index (χ0v) is 15.6. The third-order valence-electron chi connectivity index (χ3n) is 5.86. The Morgan fingerprint density at radius 2 is 2.04 bits per heavy atom. The molecule has 0 N–H and O–H groups in total. The van der Waals surface area contributed by atoms with E-state index in [1.165, 1.54) is 24.0 Å². The first-order valence-electron chi connectivity index (χ1n) is 9.28. The Morgan fingerprint density at radius 3 is 2.93 bits per heavy atom. The fourth-order valence-corrected chi connectivity index (χ4v) is 5.79. The molecular formula is C19H20N4O3S. The number of hydrogen-bond donors (Lipinski definition) is 0. The van der Waals surface area contributed by atoms with E-state index in [0.717, 1.165) is 12.1 Å². The van der Waals surface area contributed by atoms with Crippen molar-refractivity contribution in [2.24, 2.45) is 5.92 Å². The smallest absolute Gasteiger partial charge is 0.254 e. The summed E-state index contributed by atoms with van der Waals surface area (Å²) in [7, 11) is 0. The summed E-state index contributed by atoms with van der Waals surface area (Å²) in [6.45, 7) is 2.01. The monoisotopic (exact) mass is 384 g/mol. The zero-order valence-electron chi connectivity index (χ0n) is 14.8. The van der Waals surface area contributed by atoms with Crippen LogP contribution < -0.4 is 11.1 Å². The maximum absolute atomic E-state index is 13.0. The lowest BCUT2D eigenvalue weighted by Crippen LogP contribution is -2.49. The van der Waals surface area contributed by atoms with E-state index in [-0.39, 0.29) is 29.0 Å². The van der Waals surface area contributed by atoms with E-state index in [9.17, 15) is 14.4 Å². The molecule has 1 fully saturated rings. The number of piperidine rings is 1. The van der Waals surface area contributed by atoms with Crippen molar-refractivity contribution in [2.45, 2.75) is 36.5 Å². The van der Waals surface area contributed by atoms with Crippen LogP contribution in [0.5, 0.6) is 0 Å². The van der Waals surface area contributed by atoms with Crippen molar-refractivity contribution in [3.8, 4) is 0 Å². The number of pyridine rings is 1. The summed E-state index contributed by atoms with van der Waals surface area (Å²) >= 11 is 1.53. The molecule has 27 heavy (non-hydrogen) atoms. The van der Waals surface area contributed by atoms with Gasteiger partial charge in [-0.05, 0) is 18.4 Å². The summed E-state index contributed by atoms with van der Waals surface area (Å²) in [6, 6.07) is 6.74. The highest BCUT2D eigenvalue weighted by molar-refractivity contribution is 7.99. The van der Waals surface area contributed by atoms with Crippen LogP contribution in [0.4, 0.5) is 0 Å². The van der Waals surface area contributed by atoms with Crippen LogP contribution in [0, 0.1) is 5.92 Å². The third kappa shape index (κ3) is 2.82. The number of aromatic nitrogens is 3. The minimum atomic E-state index is -0.129. The summed E-state index contributed by atoms with van der Waals surface area (Å²) < 4.78 is 3.53. The lowest BCUT2D eigenvalue weighted by atomic mass is 9.83. The first-order valence-corrected chi connectivity index (χ1v) is 10.3. The normalized spacial score (nSPS) is 25.8. The molecule has 2 aromatic heterocycles. The fraction of sp³-hybridized carbons (Fsp3) is 0.474. The van der Waals surface area contributed by atoms with E-state index in [4.69, 9.17) is 0 Å². The van der Waals surface area contributed by atoms with Gasteiger partial charge in [-0.15, -0.1) is 0 Å². The second kappa shape index (κ2) is 6.37. The number of hydrogen-bond acceptors (Lipinski definition) is 5. The fourth-order valence-electron chi connectivity index (χ4n) is 4.67. The maximum Gasteiger partial charge on any atom is 0.254 e. The maximum atomic E-state index is 13.0. The van der Waals surface area contributed by atoms with Crippen molar-refractivity contribution < 1.29 is 4.79 Å². The average Bonchev–Trinajstić information content (AvgIpc) is 3.07. The van der Waals surface area contributed by atoms with Gasteiger partial charge in [-0.2, -0.15) is 0 Å². The molecule has 140 valence electrons. The zero-order chi connectivity index (χ0) is 18.5. The number of carbonyl (C=O) groups excluding carboxylic acids is 1. The minimum Gasteiger partial charge on any atom is -0.342 e. The van der Waals surface area contributed by atoms with Crippen LogP contribution in [0.25, 0.3) is 0 Å². The molecule has 3 aliphatic heterocycles. The Bertz CT molecular complexity index is 1030. The van der Waals surface area contributed by atoms with Crippen LogP contribution in [-0.4, -0.2) is 43.8 Å². The number of nitrogens with zero attached hydrogens (tertiary/aromatic N) is 4. The average molecular weight is 384 g/mol. The Morgan fingerprint density at radius 1 is 1.15 bits per heavy atom. The Balaban J connectivity index is 1.35. The van der Waals surface area contributed by atoms with E-state index < -0.39 is 0 Å². The molecule has 3 aliphatic rings. The van der Waals surface area contributed by atoms with Crippen LogP contribution in [0.3, 0.4) is 0 Å². The first-order chi connectivity index (χ1) is 13.1. The predicted molar refractivity (Wildman–Crippen MR) is 101 cm³/mol. The van der Waals surface area contributed by atoms with E-state index in [2.05, 4.69) is 4.98 Å². The number of fused-ring (bicyclic) bond motifs is 5. The summed E-state index contributed by atoms with van der Waals surface area (Å²) in [5.41, 5.74) is 0.999. The Hall–Kier alpha value is -2.35. The quantitative estimate of drug-likeness (QED) is 0.725. The van der Waals surface area contributed by atoms with E-state index in [1.54, 1.807) is 16.7 Å². The molecule has 0 spiro atoms. The van der Waals surface area contributed by atoms with Gasteiger partial charge >= 0.3 is 0 Å². The summed E-state index contributed by atoms with van der Waals surface area (Å²) in [6.07, 6.45) is 2.88. The number of rotatable bonds is 2. The van der Waals surface area contributed by atoms with Gasteiger partial charge in [0.05, 0.1) is 6.04 Å². The van der Waals surface area contributed by atoms with Crippen LogP contribution in [0.2, 0.25) is 0 Å². The van der Waals surface area contributed by atoms with Crippen molar-refractivity contribution in [1.82, 2.24) is 19.0 Å². The number of carbonyl (C=O) groups is 1. The second-order valence-corrected chi connectivity index (χ2v) is 8.59. The van der Waals surface area contributed by atoms with Gasteiger partial charge in [0.2, 0.25) is 5.91 Å². The van der Waals surface area contributed by atoms with Crippen molar-refractivity contribution in [3.05, 3.63) is 56.9 Å². The van der Waals surface area contributed by atoms with Gasteiger partial charge in [-0.3, -0.25) is 19.0 Å². The molecule has 3 atom stereocenters. The largest absolute Gasteiger partial charge is 0.342 e. The topological polar surface area (TPSA) is 77.2 Å². The number of likely N-dealkylation sites (tertiary alicyclic amines) is 1. The molecule has 1 amide bonds. The van der Waals surface area contributed by atoms with Crippen LogP contribution in [-0.2, 0) is 11.3 Å². The van der Waals surface area contributed by atoms with Crippen molar-refractivity contribution in [2.75, 3.05) is 18.8 Å². The molecule has 1 saturated heterocycles. The van der Waals surface area contributed by atoms with Gasteiger partial charge in [-0.25, -0.2) is 4.98 Å². The molecule has 0 aromatic carbocycles. The first kappa shape index (κ1) is 16.8. The van der Waals surface area contributed by atoms with Crippen molar-refractivity contribution in [3.63, 3.8) is 0 Å². The van der Waals surface area contributed by atoms with Gasteiger partial charge in [-0.1, -0.05) is 17.8 Å². The molecule has 0 radical (unpaired) electrons. The van der Waals surface area contributed by atoms with Gasteiger partial charge in [0.25, 0.3) is 11.1 Å². The molecular weight excluding hydrogens is 364 g/mol. The highest BCUT2D eigenvalue weighted by atomic mass is 32.2. The van der Waals surface area contributed by atoms with E-state index in [1.807, 2.05) is 15.5 Å². The summed E-state index contributed by atoms with van der Waals surface area (Å²) in [4.78, 5) is 43.5. The molecule has 8 heteroatoms. The molecule has 5 heterocycles. The molecule has 0 saturated carbocycles. The molecule has 7 nitrogen and oxygen atoms in total. The molecule has 0 aliphatic carbocycles. The lowest BCUT2D eigenvalue weighted by molar-refractivity contribution is -0.134. The molecule has 2 aromatic rings. The van der Waals surface area contributed by atoms with Gasteiger partial charge in [0.1, 0.15) is 0 Å². The van der Waals surface area contributed by atoms with E-state index in [0.29, 0.717) is 42.9 Å². The van der Waals surface area contributed by atoms with Crippen molar-refractivity contribution >= 4 is 17.7 Å². The Labute approximate surface area is 160 Å². The molecule has 5 rings (SSSR count). The van der Waals surface area contributed by atoms with Gasteiger partial charge in [0, 0.05) is 61.7 Å². The third-order valence-corrected chi connectivity index (χ3v) is 6.97. The predicted octanol–water partition coefficient (Wildman–Crippen LogP) is 1.09. The highest BCUT2D eigenvalue weighted by Crippen LogP contribution is 2.36. The highest BCUT2D eigenvalue weighted by Gasteiger charge is 2.37. The van der Waals surface area contributed by atoms with Crippen LogP contribution in [0.15, 0.2) is 45.2 Å². The Kier molecular flexibility index (Phi) is 3.96. The second-order valence-electron chi connectivity index (χ2n) is 7.60. The van der Waals surface area contributed by atoms with Gasteiger partial charge < -0.3 is 9.47 Å². The van der Waals surface area contributed by atoms with E-state index >= 15 is 0 Å². The lowest BCUT2D eigenvalue weighted by Gasteiger charge is -2.43. The number of thioether (sulfide) groups is 1. The minimum absolute atomic E-state index is 0.0495. The SMILES string of the molecule is O=C(CC1CSc2nccc(=O)n21)N1CC2CC(C1)c1cccc(=O)n1C2. The summed E-state index contributed by atoms with van der Waals surface area (Å²) in [5.74, 6) is 1.32. The number of amides is 1. The molecule has 3 unspecified atom stereocenters. The van der Waals surface area contributed by atoms with Gasteiger partial charge in [0.15, 0.2) is 5.16 Å². The van der Waals surface area contributed by atoms with Crippen molar-refractivity contribution in [1.29, 1.82) is 0 Å². The molecule has 2 bridgehead atoms. The standard InChI is InChI=1S/C19H20N4O3S/c24-16-3-1-2-15-13-6-12(9-22(15)16)8-21(10-13)18(26)7-14-11-27-19-20-5-4-17(25)23(14)19/h1-5,12-14H,6-11H2. The van der Waals surface area contributed by atoms with Crippen LogP contribution in [0.1, 0.15) is 30.5 Å². The summed E-state index contributed by atoms with van der Waals surface area (Å²) in [5, 5.41) is 0.698.